The highest BCUT2D eigenvalue weighted by Gasteiger charge is 2.32. The SMILES string of the molecule is CCCN(CC(=O)N(Cc1ccccc1C)C1CCN(C(=O)c2cccs2)CC1)S(=O)(=O)CC. The van der Waals surface area contributed by atoms with Gasteiger partial charge in [-0.15, -0.1) is 11.3 Å². The van der Waals surface area contributed by atoms with Crippen molar-refractivity contribution in [2.45, 2.75) is 52.6 Å². The minimum Gasteiger partial charge on any atom is -0.338 e. The summed E-state index contributed by atoms with van der Waals surface area (Å²) in [5.74, 6) is -0.175. The molecule has 9 heteroatoms. The number of likely N-dealkylation sites (tertiary alicyclic amines) is 1. The molecule has 1 aliphatic rings. The summed E-state index contributed by atoms with van der Waals surface area (Å²) >= 11 is 1.44. The quantitative estimate of drug-likeness (QED) is 0.493. The normalized spacial score (nSPS) is 15.0. The van der Waals surface area contributed by atoms with Crippen LogP contribution in [0.4, 0.5) is 0 Å². The Morgan fingerprint density at radius 3 is 2.38 bits per heavy atom. The topological polar surface area (TPSA) is 78.0 Å². The van der Waals surface area contributed by atoms with Crippen LogP contribution in [0, 0.1) is 6.92 Å². The number of aryl methyl sites for hydroxylation is 1. The number of carbonyl (C=O) groups excluding carboxylic acids is 2. The predicted octanol–water partition coefficient (Wildman–Crippen LogP) is 3.75. The van der Waals surface area contributed by atoms with E-state index in [2.05, 4.69) is 0 Å². The zero-order chi connectivity index (χ0) is 24.7. The second-order valence-electron chi connectivity index (χ2n) is 8.68. The van der Waals surface area contributed by atoms with Gasteiger partial charge in [0.25, 0.3) is 5.91 Å². The van der Waals surface area contributed by atoms with Gasteiger partial charge in [-0.2, -0.15) is 4.31 Å². The molecule has 0 saturated carbocycles. The van der Waals surface area contributed by atoms with Crippen molar-refractivity contribution >= 4 is 33.2 Å². The van der Waals surface area contributed by atoms with Crippen LogP contribution in [0.2, 0.25) is 0 Å². The lowest BCUT2D eigenvalue weighted by Gasteiger charge is -2.39. The number of thiophene rings is 1. The molecule has 1 aromatic carbocycles. The van der Waals surface area contributed by atoms with E-state index < -0.39 is 10.0 Å². The van der Waals surface area contributed by atoms with Gasteiger partial charge in [-0.05, 0) is 55.7 Å². The first-order valence-electron chi connectivity index (χ1n) is 11.9. The first-order chi connectivity index (χ1) is 16.3. The van der Waals surface area contributed by atoms with Crippen molar-refractivity contribution in [2.24, 2.45) is 0 Å². The van der Waals surface area contributed by atoms with Gasteiger partial charge in [0.05, 0.1) is 17.2 Å². The van der Waals surface area contributed by atoms with Crippen LogP contribution < -0.4 is 0 Å². The van der Waals surface area contributed by atoms with E-state index in [-0.39, 0.29) is 30.2 Å². The molecule has 7 nitrogen and oxygen atoms in total. The van der Waals surface area contributed by atoms with Crippen LogP contribution in [0.25, 0.3) is 0 Å². The smallest absolute Gasteiger partial charge is 0.263 e. The van der Waals surface area contributed by atoms with Crippen LogP contribution in [0.3, 0.4) is 0 Å². The first kappa shape index (κ1) is 26.4. The van der Waals surface area contributed by atoms with Gasteiger partial charge in [-0.3, -0.25) is 9.59 Å². The van der Waals surface area contributed by atoms with Gasteiger partial charge in [0, 0.05) is 32.2 Å². The molecule has 3 rings (SSSR count). The lowest BCUT2D eigenvalue weighted by Crippen LogP contribution is -2.51. The molecule has 0 bridgehead atoms. The average Bonchev–Trinajstić information content (AvgIpc) is 3.38. The van der Waals surface area contributed by atoms with Gasteiger partial charge in [0.15, 0.2) is 0 Å². The van der Waals surface area contributed by atoms with E-state index in [4.69, 9.17) is 0 Å². The summed E-state index contributed by atoms with van der Waals surface area (Å²) in [6.07, 6.45) is 1.99. The largest absolute Gasteiger partial charge is 0.338 e. The van der Waals surface area contributed by atoms with E-state index in [1.54, 1.807) is 6.92 Å². The molecule has 2 heterocycles. The molecule has 0 atom stereocenters. The summed E-state index contributed by atoms with van der Waals surface area (Å²) in [4.78, 5) is 30.7. The first-order valence-corrected chi connectivity index (χ1v) is 14.4. The number of piperidine rings is 1. The summed E-state index contributed by atoms with van der Waals surface area (Å²) in [5, 5.41) is 1.90. The van der Waals surface area contributed by atoms with Crippen molar-refractivity contribution in [3.05, 3.63) is 57.8 Å². The third-order valence-corrected chi connectivity index (χ3v) is 9.08. The molecular weight excluding hydrogens is 470 g/mol. The maximum absolute atomic E-state index is 13.5. The zero-order valence-corrected chi connectivity index (χ0v) is 21.9. The van der Waals surface area contributed by atoms with Crippen LogP contribution in [0.15, 0.2) is 41.8 Å². The number of nitrogens with zero attached hydrogens (tertiary/aromatic N) is 3. The lowest BCUT2D eigenvalue weighted by atomic mass is 10.0. The van der Waals surface area contributed by atoms with E-state index in [1.807, 2.05) is 65.4 Å². The Bertz CT molecular complexity index is 1060. The molecule has 0 aliphatic carbocycles. The summed E-state index contributed by atoms with van der Waals surface area (Å²) < 4.78 is 26.5. The molecule has 0 spiro atoms. The van der Waals surface area contributed by atoms with Gasteiger partial charge >= 0.3 is 0 Å². The van der Waals surface area contributed by atoms with E-state index in [0.717, 1.165) is 16.0 Å². The zero-order valence-electron chi connectivity index (χ0n) is 20.3. The monoisotopic (exact) mass is 505 g/mol. The van der Waals surface area contributed by atoms with E-state index in [1.165, 1.54) is 15.6 Å². The van der Waals surface area contributed by atoms with Crippen LogP contribution in [0.1, 0.15) is 53.9 Å². The Morgan fingerprint density at radius 1 is 1.09 bits per heavy atom. The van der Waals surface area contributed by atoms with Gasteiger partial charge in [0.2, 0.25) is 15.9 Å². The third kappa shape index (κ3) is 6.46. The highest BCUT2D eigenvalue weighted by molar-refractivity contribution is 7.89. The number of hydrogen-bond acceptors (Lipinski definition) is 5. The Morgan fingerprint density at radius 2 is 1.79 bits per heavy atom. The molecule has 34 heavy (non-hydrogen) atoms. The fourth-order valence-electron chi connectivity index (χ4n) is 4.32. The Kier molecular flexibility index (Phi) is 9.27. The van der Waals surface area contributed by atoms with Crippen LogP contribution >= 0.6 is 11.3 Å². The van der Waals surface area contributed by atoms with E-state index >= 15 is 0 Å². The third-order valence-electron chi connectivity index (χ3n) is 6.39. The van der Waals surface area contributed by atoms with Crippen molar-refractivity contribution < 1.29 is 18.0 Å². The fraction of sp³-hybridized carbons (Fsp3) is 0.520. The van der Waals surface area contributed by atoms with E-state index in [0.29, 0.717) is 45.4 Å². The number of amides is 2. The average molecular weight is 506 g/mol. The molecular formula is C25H35N3O4S2. The molecule has 0 N–H and O–H groups in total. The van der Waals surface area contributed by atoms with Crippen molar-refractivity contribution in [2.75, 3.05) is 31.9 Å². The highest BCUT2D eigenvalue weighted by Crippen LogP contribution is 2.23. The summed E-state index contributed by atoms with van der Waals surface area (Å²) in [5.41, 5.74) is 2.14. The Hall–Kier alpha value is -2.23. The number of hydrogen-bond donors (Lipinski definition) is 0. The summed E-state index contributed by atoms with van der Waals surface area (Å²) in [7, 11) is -3.47. The molecule has 0 unspecified atom stereocenters. The molecule has 2 aromatic rings. The molecule has 1 saturated heterocycles. The summed E-state index contributed by atoms with van der Waals surface area (Å²) in [6, 6.07) is 11.6. The Labute approximate surface area is 207 Å². The van der Waals surface area contributed by atoms with Gasteiger partial charge in [-0.25, -0.2) is 8.42 Å². The van der Waals surface area contributed by atoms with E-state index in [9.17, 15) is 18.0 Å². The number of carbonyl (C=O) groups is 2. The van der Waals surface area contributed by atoms with Gasteiger partial charge in [0.1, 0.15) is 0 Å². The van der Waals surface area contributed by atoms with Crippen LogP contribution in [0.5, 0.6) is 0 Å². The Balaban J connectivity index is 1.78. The molecule has 0 radical (unpaired) electrons. The predicted molar refractivity (Wildman–Crippen MR) is 136 cm³/mol. The van der Waals surface area contributed by atoms with Crippen LogP contribution in [-0.4, -0.2) is 72.3 Å². The number of benzene rings is 1. The maximum Gasteiger partial charge on any atom is 0.263 e. The number of rotatable bonds is 10. The molecule has 1 aliphatic heterocycles. The molecule has 1 aromatic heterocycles. The highest BCUT2D eigenvalue weighted by atomic mass is 32.2. The van der Waals surface area contributed by atoms with Crippen molar-refractivity contribution in [1.82, 2.24) is 14.1 Å². The molecule has 186 valence electrons. The standard InChI is InChI=1S/C25H35N3O4S2/c1-4-14-27(34(31,32)5-2)19-24(29)28(18-21-10-7-6-9-20(21)3)22-12-15-26(16-13-22)25(30)23-11-8-17-33-23/h6-11,17,22H,4-5,12-16,18-19H2,1-3H3. The molecule has 1 fully saturated rings. The molecule has 2 amide bonds. The summed E-state index contributed by atoms with van der Waals surface area (Å²) in [6.45, 7) is 7.29. The van der Waals surface area contributed by atoms with Crippen LogP contribution in [-0.2, 0) is 21.4 Å². The second kappa shape index (κ2) is 12.0. The fourth-order valence-corrected chi connectivity index (χ4v) is 6.14. The van der Waals surface area contributed by atoms with Crippen molar-refractivity contribution in [3.63, 3.8) is 0 Å². The van der Waals surface area contributed by atoms with Crippen molar-refractivity contribution in [1.29, 1.82) is 0 Å². The van der Waals surface area contributed by atoms with Gasteiger partial charge in [-0.1, -0.05) is 37.3 Å². The van der Waals surface area contributed by atoms with Crippen molar-refractivity contribution in [3.8, 4) is 0 Å². The minimum absolute atomic E-state index is 0.0265. The lowest BCUT2D eigenvalue weighted by molar-refractivity contribution is -0.135. The minimum atomic E-state index is -3.47. The second-order valence-corrected chi connectivity index (χ2v) is 11.9. The maximum atomic E-state index is 13.5. The number of sulfonamides is 1. The van der Waals surface area contributed by atoms with Gasteiger partial charge < -0.3 is 9.80 Å².